The lowest BCUT2D eigenvalue weighted by Crippen LogP contribution is -2.47. The molecule has 1 fully saturated rings. The van der Waals surface area contributed by atoms with Crippen LogP contribution in [0.5, 0.6) is 0 Å². The molecule has 51 N–H and O–H groups in total. The first-order chi connectivity index (χ1) is 63.1. The quantitative estimate of drug-likeness (QED) is 0.00884. The zero-order valence-corrected chi connectivity index (χ0v) is 77.4. The van der Waals surface area contributed by atoms with E-state index in [9.17, 15) is 0 Å². The highest BCUT2D eigenvalue weighted by Gasteiger charge is 2.18. The Morgan fingerprint density at radius 3 is 0.705 bits per heavy atom. The standard InChI is InChI=1S/C14H32N10O4.C10H22N6O2.C9H21N3O3.C8H18N4O4.C7H17N3O.C7H16N2O3.C6H15N5O2.C4H11N5O2.C4H11N3O/c15-11(19-25)1-5-23(6-2-12(16)20-26)9-10-24(7-3-13(17)21-27)8-4-14(18)22-28;11-9(13-17)1-3-15-5-7-16(8-6-15)4-2-10(12)14-18;1-12(2)4-6-15-8-7-14-5-3-9(10)11-13;9-7(11-13)1-3-15-5-6-16-4-2-8(10)12-14;1-3-10(4-2)6-5-7(8)9-11;1-2-11-5-6-12-4-3-7(8)9-10;7-5(10-12)1-3-9-4-2-6(8)11-13;5-3(8-10)1-7-2-4(6)9-11;1-6-3-2-4(5)7-8/h25-28H,1-10H2,(H2,15,19)(H2,16,20)(H2,17,21)(H2,18,22);17-18H,1-8H2,(H2,11,13)(H2,12,14);13H,3-8H2,1-2H3,(H2,10,11);13-14H,1-6H2,(H2,9,11)(H2,10,12);11H,3-6H2,1-2H3,(H2,8,9);10H,2-6H2,1H3,(H2,8,9);9,12-13H,1-4H2,(H2,7,10)(H2,8,11);7,10-11H,1-2H2,(H2,5,8)(H2,6,9);6,8H,2-3H2,1H3,(H2,5,7). The molecule has 0 aliphatic carbocycles. The fourth-order valence-corrected chi connectivity index (χ4v) is 8.50. The normalized spacial score (nSPS) is 14.0. The zero-order valence-electron chi connectivity index (χ0n) is 77.4. The van der Waals surface area contributed by atoms with Gasteiger partial charge in [0.05, 0.1) is 85.8 Å². The molecule has 63 nitrogen and oxygen atoms in total. The Kier molecular flexibility index (Phi) is 107. The third-order valence-corrected chi connectivity index (χ3v) is 16.3. The molecule has 63 heteroatoms. The maximum absolute atomic E-state index is 8.69. The second kappa shape index (κ2) is 104. The summed E-state index contributed by atoms with van der Waals surface area (Å²) >= 11 is 0. The van der Waals surface area contributed by atoms with Gasteiger partial charge in [-0.3, -0.25) is 0 Å². The third-order valence-electron chi connectivity index (χ3n) is 16.3. The molecule has 776 valence electrons. The lowest BCUT2D eigenvalue weighted by atomic mass is 10.2. The molecule has 0 aromatic carbocycles. The monoisotopic (exact) mass is 1920 g/mol. The van der Waals surface area contributed by atoms with Crippen LogP contribution in [0.15, 0.2) is 82.5 Å². The topological polar surface area (TPSA) is 1050 Å². The molecular weight excluding hydrogens is 1760 g/mol. The molecule has 0 aromatic heterocycles. The molecule has 0 unspecified atom stereocenters. The van der Waals surface area contributed by atoms with E-state index in [4.69, 9.17) is 203 Å². The van der Waals surface area contributed by atoms with E-state index in [1.165, 1.54) is 0 Å². The average molecular weight is 1920 g/mol. The van der Waals surface area contributed by atoms with Crippen LogP contribution in [0.1, 0.15) is 111 Å². The van der Waals surface area contributed by atoms with E-state index in [1.54, 1.807) is 0 Å². The van der Waals surface area contributed by atoms with Gasteiger partial charge in [-0.2, -0.15) is 0 Å². The van der Waals surface area contributed by atoms with E-state index in [0.29, 0.717) is 227 Å². The van der Waals surface area contributed by atoms with Gasteiger partial charge in [0.1, 0.15) is 81.7 Å². The van der Waals surface area contributed by atoms with Gasteiger partial charge in [-0.05, 0) is 41.2 Å². The predicted octanol–water partition coefficient (Wildman–Crippen LogP) is -7.08. The van der Waals surface area contributed by atoms with Crippen molar-refractivity contribution in [3.05, 3.63) is 0 Å². The Bertz CT molecular complexity index is 2990. The Labute approximate surface area is 770 Å². The number of ether oxygens (including phenoxy) is 6. The van der Waals surface area contributed by atoms with Gasteiger partial charge in [0, 0.05) is 208 Å². The minimum Gasteiger partial charge on any atom is -0.409 e. The number of nitrogens with zero attached hydrogens (tertiary/aromatic N) is 22. The summed E-state index contributed by atoms with van der Waals surface area (Å²) in [7, 11) is 5.80. The molecule has 1 rings (SSSR count). The zero-order chi connectivity index (χ0) is 102. The van der Waals surface area contributed by atoms with E-state index in [2.05, 4.69) is 132 Å². The average Bonchev–Trinajstić information content (AvgIpc) is 0.904. The number of hydrogen-bond donors (Lipinski definition) is 35. The molecule has 0 spiro atoms. The van der Waals surface area contributed by atoms with Crippen molar-refractivity contribution >= 4 is 93.4 Å². The minimum absolute atomic E-state index is 0.0377. The van der Waals surface area contributed by atoms with E-state index in [1.807, 2.05) is 37.9 Å². The highest BCUT2D eigenvalue weighted by molar-refractivity contribution is 5.86. The smallest absolute Gasteiger partial charge is 0.153 e. The minimum atomic E-state index is 0.0377. The van der Waals surface area contributed by atoms with Crippen molar-refractivity contribution in [3.63, 3.8) is 0 Å². The molecule has 0 atom stereocenters. The molecule has 0 saturated carbocycles. The van der Waals surface area contributed by atoms with E-state index in [0.717, 1.165) is 72.0 Å². The molecule has 0 bridgehead atoms. The van der Waals surface area contributed by atoms with Gasteiger partial charge >= 0.3 is 0 Å². The van der Waals surface area contributed by atoms with Gasteiger partial charge in [0.25, 0.3) is 0 Å². The van der Waals surface area contributed by atoms with E-state index in [-0.39, 0.29) is 101 Å². The number of nitrogens with one attached hydrogen (secondary N) is 3. The van der Waals surface area contributed by atoms with Gasteiger partial charge in [-0.1, -0.05) is 96.3 Å². The summed E-state index contributed by atoms with van der Waals surface area (Å²) in [4.78, 5) is 12.8. The second-order valence-corrected chi connectivity index (χ2v) is 26.9. The van der Waals surface area contributed by atoms with Crippen LogP contribution in [0, 0.1) is 0 Å². The number of amidine groups is 16. The van der Waals surface area contributed by atoms with Crippen LogP contribution in [-0.4, -0.2) is 444 Å². The van der Waals surface area contributed by atoms with Crippen molar-refractivity contribution < 1.29 is 112 Å². The van der Waals surface area contributed by atoms with Crippen molar-refractivity contribution in [1.29, 1.82) is 0 Å². The summed E-state index contributed by atoms with van der Waals surface area (Å²) in [5.74, 6) is 2.57. The van der Waals surface area contributed by atoms with Crippen molar-refractivity contribution in [1.82, 2.24) is 45.3 Å². The molecule has 1 aliphatic rings. The largest absolute Gasteiger partial charge is 0.409 e. The number of piperazine rings is 1. The second-order valence-electron chi connectivity index (χ2n) is 26.9. The highest BCUT2D eigenvalue weighted by atomic mass is 16.5. The van der Waals surface area contributed by atoms with E-state index >= 15 is 0 Å². The van der Waals surface area contributed by atoms with Crippen molar-refractivity contribution in [2.45, 2.75) is 111 Å². The van der Waals surface area contributed by atoms with Crippen LogP contribution in [0.3, 0.4) is 0 Å². The summed E-state index contributed by atoms with van der Waals surface area (Å²) in [6.07, 6.45) is 6.35. The Morgan fingerprint density at radius 2 is 0.470 bits per heavy atom. The van der Waals surface area contributed by atoms with Crippen molar-refractivity contribution in [2.75, 3.05) is 238 Å². The number of nitrogens with two attached hydrogens (primary N) is 16. The predicted molar refractivity (Wildman–Crippen MR) is 502 cm³/mol. The summed E-state index contributed by atoms with van der Waals surface area (Å²) in [6.45, 7) is 27.0. The molecule has 1 aliphatic heterocycles. The molecule has 0 radical (unpaired) electrons. The lowest BCUT2D eigenvalue weighted by Gasteiger charge is -2.34. The number of likely N-dealkylation sites (N-methyl/N-ethyl adjacent to an activating group) is 1. The highest BCUT2D eigenvalue weighted by Crippen LogP contribution is 2.05. The molecular formula is C69H163N41O22. The van der Waals surface area contributed by atoms with Crippen LogP contribution in [-0.2, 0) is 28.4 Å². The molecule has 0 aromatic rings. The fourth-order valence-electron chi connectivity index (χ4n) is 8.50. The Morgan fingerprint density at radius 1 is 0.250 bits per heavy atom. The SMILES string of the molecule is CCN(CC)CC/C(N)=N\O.CCOCCOCC/C(N)=N/O.CN(C)CCOCCOCC/C(N)=N/O.CNCC/C(N)=N/O.N/C(CCN(CC/C(N)=N/O)CCN(CC/C(N)=N/O)CC/C(N)=N\O)=N\O.N/C(CCN1CCN(CC/C(N)=N\O)CC1)=N\O.N/C(CCNCC/C(N)=N\O)=N\O.N/C(CCOCCOCC/C(N)=N\O)=N\O.N/C(CNC/C(N)=N\O)=N\O. The maximum Gasteiger partial charge on any atom is 0.153 e. The van der Waals surface area contributed by atoms with E-state index < -0.39 is 0 Å². The van der Waals surface area contributed by atoms with Gasteiger partial charge in [-0.15, -0.1) is 0 Å². The summed E-state index contributed by atoms with van der Waals surface area (Å²) < 4.78 is 30.9. The molecule has 132 heavy (non-hydrogen) atoms. The first kappa shape index (κ1) is 135. The van der Waals surface area contributed by atoms with Crippen molar-refractivity contribution in [2.24, 2.45) is 174 Å². The maximum atomic E-state index is 8.69. The van der Waals surface area contributed by atoms with Crippen LogP contribution in [0.2, 0.25) is 0 Å². The van der Waals surface area contributed by atoms with Crippen LogP contribution < -0.4 is 108 Å². The fraction of sp³-hybridized carbons (Fsp3) is 0.768. The van der Waals surface area contributed by atoms with Crippen LogP contribution in [0.4, 0.5) is 0 Å². The van der Waals surface area contributed by atoms with Gasteiger partial charge in [0.15, 0.2) is 11.7 Å². The molecule has 1 saturated heterocycles. The number of oxime groups is 16. The summed E-state index contributed by atoms with van der Waals surface area (Å²) in [5.41, 5.74) is 84.9. The van der Waals surface area contributed by atoms with Crippen LogP contribution in [0.25, 0.3) is 0 Å². The van der Waals surface area contributed by atoms with Gasteiger partial charge < -0.3 is 249 Å². The number of rotatable bonds is 64. The molecule has 0 amide bonds. The number of hydrogen-bond acceptors (Lipinski definition) is 47. The van der Waals surface area contributed by atoms with Gasteiger partial charge in [-0.25, -0.2) is 0 Å². The lowest BCUT2D eigenvalue weighted by molar-refractivity contribution is 0.0449. The van der Waals surface area contributed by atoms with Crippen LogP contribution >= 0.6 is 0 Å². The summed E-state index contributed by atoms with van der Waals surface area (Å²) in [6, 6.07) is 0. The molecule has 1 heterocycles. The Balaban J connectivity index is -0.000000223. The first-order valence-electron chi connectivity index (χ1n) is 41.4. The van der Waals surface area contributed by atoms with Gasteiger partial charge in [0.2, 0.25) is 0 Å². The summed E-state index contributed by atoms with van der Waals surface area (Å²) in [5, 5.41) is 187. The first-order valence-corrected chi connectivity index (χ1v) is 41.4. The third kappa shape index (κ3) is 108. The Hall–Kier alpha value is -12.3. The van der Waals surface area contributed by atoms with Crippen molar-refractivity contribution in [3.8, 4) is 0 Å².